The molecule has 1 aromatic heterocycles. The lowest BCUT2D eigenvalue weighted by Gasteiger charge is -2.39. The fourth-order valence-corrected chi connectivity index (χ4v) is 10.3. The molecule has 0 aliphatic carbocycles. The third kappa shape index (κ3) is 10.3. The summed E-state index contributed by atoms with van der Waals surface area (Å²) in [6.07, 6.45) is 6.65. The summed E-state index contributed by atoms with van der Waals surface area (Å²) in [5.74, 6) is -0.0914. The van der Waals surface area contributed by atoms with Crippen molar-refractivity contribution in [3.05, 3.63) is 137 Å². The molecule has 6 aromatic rings. The van der Waals surface area contributed by atoms with E-state index in [1.165, 1.54) is 12.1 Å². The van der Waals surface area contributed by atoms with Crippen LogP contribution in [0.3, 0.4) is 0 Å². The first kappa shape index (κ1) is 51.2. The van der Waals surface area contributed by atoms with Gasteiger partial charge in [0, 0.05) is 91.8 Å². The molecule has 0 saturated heterocycles. The minimum atomic E-state index is -0.704. The SMILES string of the molecule is COc1cc2c(cc1OCc1cc(COc3cc4c(cc3OC)C(=O)N3c5ccccc5CC3CC=N4)cc(N(C)C(C)(C)CCOC(C)(C)CCC(=O)On3c(O)ccc3O)c1)N=CC1Cc3ccccc3N1C2=O. The summed E-state index contributed by atoms with van der Waals surface area (Å²) >= 11 is 0. The van der Waals surface area contributed by atoms with Gasteiger partial charge in [-0.15, -0.1) is 4.73 Å². The molecule has 0 bridgehead atoms. The first-order chi connectivity index (χ1) is 36.5. The van der Waals surface area contributed by atoms with Crippen LogP contribution in [0.25, 0.3) is 0 Å². The van der Waals surface area contributed by atoms with Gasteiger partial charge in [0.05, 0.1) is 54.8 Å². The number of carbonyl (C=O) groups is 3. The quantitative estimate of drug-likeness (QED) is 0.0831. The van der Waals surface area contributed by atoms with Crippen LogP contribution in [-0.2, 0) is 35.6 Å². The molecule has 0 saturated carbocycles. The Kier molecular flexibility index (Phi) is 14.0. The van der Waals surface area contributed by atoms with Gasteiger partial charge in [0.1, 0.15) is 13.2 Å². The zero-order chi connectivity index (χ0) is 53.5. The number of ether oxygens (including phenoxy) is 5. The minimum Gasteiger partial charge on any atom is -0.493 e. The molecule has 2 N–H and O–H groups in total. The Labute approximate surface area is 441 Å². The average Bonchev–Trinajstić information content (AvgIpc) is 4.05. The molecule has 2 amide bonds. The molecule has 10 rings (SSSR count). The molecular weight excluding hydrogens is 969 g/mol. The van der Waals surface area contributed by atoms with Crippen LogP contribution in [0, 0.1) is 0 Å². The summed E-state index contributed by atoms with van der Waals surface area (Å²) in [7, 11) is 5.11. The van der Waals surface area contributed by atoms with E-state index < -0.39 is 28.9 Å². The maximum Gasteiger partial charge on any atom is 0.333 e. The van der Waals surface area contributed by atoms with Crippen molar-refractivity contribution in [2.75, 3.05) is 42.6 Å². The highest BCUT2D eigenvalue weighted by atomic mass is 16.7. The van der Waals surface area contributed by atoms with Crippen LogP contribution in [-0.4, -0.2) is 96.3 Å². The van der Waals surface area contributed by atoms with Crippen LogP contribution < -0.4 is 38.5 Å². The molecule has 0 fully saturated rings. The smallest absolute Gasteiger partial charge is 0.333 e. The molecule has 2 atom stereocenters. The molecule has 2 unspecified atom stereocenters. The van der Waals surface area contributed by atoms with E-state index in [4.69, 9.17) is 38.5 Å². The highest BCUT2D eigenvalue weighted by Gasteiger charge is 2.38. The molecule has 0 radical (unpaired) electrons. The number of anilines is 3. The van der Waals surface area contributed by atoms with Gasteiger partial charge < -0.3 is 48.5 Å². The molecule has 0 spiro atoms. The van der Waals surface area contributed by atoms with Crippen LogP contribution >= 0.6 is 0 Å². The average molecular weight is 1030 g/mol. The topological polar surface area (TPSA) is 186 Å². The van der Waals surface area contributed by atoms with Crippen LogP contribution in [0.15, 0.2) is 113 Å². The highest BCUT2D eigenvalue weighted by molar-refractivity contribution is 6.15. The largest absolute Gasteiger partial charge is 0.493 e. The number of rotatable bonds is 18. The van der Waals surface area contributed by atoms with Crippen molar-refractivity contribution in [3.63, 3.8) is 0 Å². The van der Waals surface area contributed by atoms with E-state index in [9.17, 15) is 24.6 Å². The second-order valence-electron chi connectivity index (χ2n) is 20.7. The second-order valence-corrected chi connectivity index (χ2v) is 20.7. The number of aliphatic imine (C=N–C) groups is 2. The number of nitrogens with zero attached hydrogens (tertiary/aromatic N) is 6. The Bertz CT molecular complexity index is 3270. The third-order valence-corrected chi connectivity index (χ3v) is 14.8. The number of para-hydroxylation sites is 2. The van der Waals surface area contributed by atoms with Gasteiger partial charge in [-0.2, -0.15) is 0 Å². The zero-order valence-electron chi connectivity index (χ0n) is 43.7. The monoisotopic (exact) mass is 1030 g/mol. The fraction of sp³-hybridized carbons (Fsp3) is 0.339. The summed E-state index contributed by atoms with van der Waals surface area (Å²) in [5.41, 5.74) is 7.16. The molecule has 5 heterocycles. The lowest BCUT2D eigenvalue weighted by atomic mass is 9.96. The summed E-state index contributed by atoms with van der Waals surface area (Å²) in [6, 6.07) is 31.2. The van der Waals surface area contributed by atoms with Gasteiger partial charge in [0.2, 0.25) is 11.8 Å². The standard InChI is InChI=1S/C59H62N6O11/c1-58(2,21-23-75-59(3,4)20-18-55(68)76-65-53(66)16-17-54(65)67)62(5)41-25-36(34-73-51-31-45-43(29-49(51)71-6)56(69)63-40(19-22-60-45)27-38-12-8-10-14-47(38)63)24-37(26-41)35-74-52-32-46-44(30-50(52)72-7)57(70)64-42(33-61-46)28-39-13-9-11-15-48(39)64/h8-17,22,24-26,29-33,40,42,66-67H,18-21,23,27-28,34-35H2,1-7H3. The highest BCUT2D eigenvalue weighted by Crippen LogP contribution is 2.44. The van der Waals surface area contributed by atoms with Gasteiger partial charge in [0.15, 0.2) is 23.0 Å². The Morgan fingerprint density at radius 3 is 1.88 bits per heavy atom. The summed E-state index contributed by atoms with van der Waals surface area (Å²) in [5, 5.41) is 19.8. The fourth-order valence-electron chi connectivity index (χ4n) is 10.3. The Morgan fingerprint density at radius 2 is 1.26 bits per heavy atom. The minimum absolute atomic E-state index is 0.0134. The van der Waals surface area contributed by atoms with Gasteiger partial charge >= 0.3 is 5.97 Å². The van der Waals surface area contributed by atoms with E-state index in [2.05, 4.69) is 36.9 Å². The van der Waals surface area contributed by atoms with Gasteiger partial charge in [-0.1, -0.05) is 36.4 Å². The zero-order valence-corrected chi connectivity index (χ0v) is 43.7. The van der Waals surface area contributed by atoms with Crippen LogP contribution in [0.4, 0.5) is 28.4 Å². The van der Waals surface area contributed by atoms with Gasteiger partial charge in [-0.05, 0) is 112 Å². The van der Waals surface area contributed by atoms with Gasteiger partial charge in [0.25, 0.3) is 11.8 Å². The van der Waals surface area contributed by atoms with E-state index in [-0.39, 0.29) is 43.5 Å². The molecule has 17 nitrogen and oxygen atoms in total. The van der Waals surface area contributed by atoms with Crippen molar-refractivity contribution in [1.82, 2.24) is 4.73 Å². The summed E-state index contributed by atoms with van der Waals surface area (Å²) in [4.78, 5) is 61.7. The number of fused-ring (bicyclic) bond motifs is 8. The van der Waals surface area contributed by atoms with E-state index in [0.717, 1.165) is 45.7 Å². The van der Waals surface area contributed by atoms with Crippen LogP contribution in [0.5, 0.6) is 34.8 Å². The number of aromatic nitrogens is 1. The lowest BCUT2D eigenvalue weighted by Crippen LogP contribution is -2.43. The van der Waals surface area contributed by atoms with E-state index in [1.54, 1.807) is 43.4 Å². The predicted molar refractivity (Wildman–Crippen MR) is 289 cm³/mol. The number of hydrogen-bond acceptors (Lipinski definition) is 14. The molecule has 76 heavy (non-hydrogen) atoms. The first-order valence-electron chi connectivity index (χ1n) is 25.4. The Hall–Kier alpha value is -8.31. The number of carbonyl (C=O) groups excluding carboxylic acids is 3. The normalized spacial score (nSPS) is 16.4. The number of amides is 2. The third-order valence-electron chi connectivity index (χ3n) is 14.8. The van der Waals surface area contributed by atoms with Gasteiger partial charge in [-0.25, -0.2) is 4.79 Å². The van der Waals surface area contributed by atoms with E-state index in [0.29, 0.717) is 82.5 Å². The molecule has 17 heteroatoms. The van der Waals surface area contributed by atoms with E-state index >= 15 is 0 Å². The molecule has 4 aliphatic heterocycles. The van der Waals surface area contributed by atoms with Crippen molar-refractivity contribution < 1.29 is 53.1 Å². The molecule has 394 valence electrons. The van der Waals surface area contributed by atoms with Crippen LogP contribution in [0.2, 0.25) is 0 Å². The number of methoxy groups -OCH3 is 2. The summed E-state index contributed by atoms with van der Waals surface area (Å²) < 4.78 is 31.9. The number of benzene rings is 5. The molecule has 4 aliphatic rings. The Balaban J connectivity index is 0.890. The van der Waals surface area contributed by atoms with E-state index in [1.807, 2.05) is 86.8 Å². The van der Waals surface area contributed by atoms with Gasteiger partial charge in [-0.3, -0.25) is 24.5 Å². The van der Waals surface area contributed by atoms with Crippen molar-refractivity contribution in [3.8, 4) is 34.8 Å². The van der Waals surface area contributed by atoms with Crippen molar-refractivity contribution in [2.24, 2.45) is 9.98 Å². The van der Waals surface area contributed by atoms with Crippen molar-refractivity contribution in [2.45, 2.75) is 103 Å². The molecule has 5 aromatic carbocycles. The maximum atomic E-state index is 14.3. The van der Waals surface area contributed by atoms with Crippen LogP contribution in [0.1, 0.15) is 96.3 Å². The van der Waals surface area contributed by atoms with Crippen molar-refractivity contribution in [1.29, 1.82) is 0 Å². The lowest BCUT2D eigenvalue weighted by molar-refractivity contribution is -0.147. The second kappa shape index (κ2) is 20.8. The maximum absolute atomic E-state index is 14.3. The summed E-state index contributed by atoms with van der Waals surface area (Å²) in [6.45, 7) is 8.63. The number of aromatic hydroxyl groups is 2. The number of hydrogen-bond donors (Lipinski definition) is 2. The Morgan fingerprint density at radius 1 is 0.697 bits per heavy atom. The van der Waals surface area contributed by atoms with Crippen molar-refractivity contribution >= 4 is 58.6 Å². The predicted octanol–water partition coefficient (Wildman–Crippen LogP) is 9.88. The molecular formula is C59H62N6O11. The first-order valence-corrected chi connectivity index (χ1v) is 25.4.